The van der Waals surface area contributed by atoms with Crippen LogP contribution in [0.25, 0.3) is 0 Å². The van der Waals surface area contributed by atoms with E-state index in [4.69, 9.17) is 0 Å². The molecule has 1 aromatic rings. The summed E-state index contributed by atoms with van der Waals surface area (Å²) < 4.78 is 0. The van der Waals surface area contributed by atoms with Crippen molar-refractivity contribution in [3.8, 4) is 5.75 Å². The number of phenols is 1. The highest BCUT2D eigenvalue weighted by molar-refractivity contribution is 5.96. The Kier molecular flexibility index (Phi) is 5.72. The van der Waals surface area contributed by atoms with E-state index in [1.807, 2.05) is 0 Å². The largest absolute Gasteiger partial charge is 0.506 e. The van der Waals surface area contributed by atoms with Crippen LogP contribution in [-0.4, -0.2) is 28.5 Å². The minimum absolute atomic E-state index is 0. The standard InChI is InChI=1S/C12H15N3O4.ClH/c16-11-5-4-8(15(18)19)7-10(11)14-12(17)9-3-1-2-6-13-9;/h4-5,7,9,13,16H,1-3,6H2,(H,14,17);1H. The monoisotopic (exact) mass is 301 g/mol. The number of aromatic hydroxyl groups is 1. The summed E-state index contributed by atoms with van der Waals surface area (Å²) in [4.78, 5) is 22.0. The van der Waals surface area contributed by atoms with Crippen LogP contribution in [0, 0.1) is 10.1 Å². The highest BCUT2D eigenvalue weighted by Crippen LogP contribution is 2.28. The number of anilines is 1. The molecule has 0 aromatic heterocycles. The van der Waals surface area contributed by atoms with Crippen molar-refractivity contribution < 1.29 is 14.8 Å². The van der Waals surface area contributed by atoms with Crippen molar-refractivity contribution in [1.29, 1.82) is 0 Å². The summed E-state index contributed by atoms with van der Waals surface area (Å²) in [5, 5.41) is 25.8. The van der Waals surface area contributed by atoms with Crippen molar-refractivity contribution in [3.05, 3.63) is 28.3 Å². The Labute approximate surface area is 121 Å². The van der Waals surface area contributed by atoms with Gasteiger partial charge in [0.15, 0.2) is 0 Å². The van der Waals surface area contributed by atoms with E-state index in [1.165, 1.54) is 12.1 Å². The Morgan fingerprint density at radius 1 is 1.45 bits per heavy atom. The van der Waals surface area contributed by atoms with Gasteiger partial charge in [0.05, 0.1) is 16.7 Å². The maximum absolute atomic E-state index is 11.9. The van der Waals surface area contributed by atoms with Gasteiger partial charge >= 0.3 is 0 Å². The Hall–Kier alpha value is -1.86. The van der Waals surface area contributed by atoms with Crippen LogP contribution in [0.3, 0.4) is 0 Å². The molecule has 1 aromatic carbocycles. The van der Waals surface area contributed by atoms with E-state index in [1.54, 1.807) is 0 Å². The number of nitro benzene ring substituents is 1. The quantitative estimate of drug-likeness (QED) is 0.448. The summed E-state index contributed by atoms with van der Waals surface area (Å²) in [6.07, 6.45) is 2.72. The molecule has 0 aliphatic carbocycles. The highest BCUT2D eigenvalue weighted by Gasteiger charge is 2.22. The van der Waals surface area contributed by atoms with E-state index in [2.05, 4.69) is 10.6 Å². The fraction of sp³-hybridized carbons (Fsp3) is 0.417. The lowest BCUT2D eigenvalue weighted by Crippen LogP contribution is -2.43. The van der Waals surface area contributed by atoms with E-state index < -0.39 is 4.92 Å². The second-order valence-corrected chi connectivity index (χ2v) is 4.45. The third-order valence-electron chi connectivity index (χ3n) is 3.08. The first-order valence-electron chi connectivity index (χ1n) is 6.09. The molecule has 0 spiro atoms. The van der Waals surface area contributed by atoms with Crippen molar-refractivity contribution in [2.75, 3.05) is 11.9 Å². The van der Waals surface area contributed by atoms with Crippen molar-refractivity contribution >= 4 is 29.7 Å². The number of carbonyl (C=O) groups excluding carboxylic acids is 1. The number of non-ortho nitro benzene ring substituents is 1. The number of nitrogens with one attached hydrogen (secondary N) is 2. The van der Waals surface area contributed by atoms with Crippen molar-refractivity contribution in [3.63, 3.8) is 0 Å². The molecule has 20 heavy (non-hydrogen) atoms. The second-order valence-electron chi connectivity index (χ2n) is 4.45. The minimum Gasteiger partial charge on any atom is -0.506 e. The van der Waals surface area contributed by atoms with Gasteiger partial charge in [0, 0.05) is 12.1 Å². The van der Waals surface area contributed by atoms with E-state index in [-0.39, 0.29) is 41.5 Å². The average molecular weight is 302 g/mol. The summed E-state index contributed by atoms with van der Waals surface area (Å²) in [5.74, 6) is -0.467. The predicted octanol–water partition coefficient (Wildman–Crippen LogP) is 1.80. The molecule has 1 unspecified atom stereocenters. The average Bonchev–Trinajstić information content (AvgIpc) is 2.42. The molecule has 0 bridgehead atoms. The second kappa shape index (κ2) is 7.06. The maximum Gasteiger partial charge on any atom is 0.271 e. The highest BCUT2D eigenvalue weighted by atomic mass is 35.5. The summed E-state index contributed by atoms with van der Waals surface area (Å²) in [6, 6.07) is 3.22. The number of nitro groups is 1. The first kappa shape index (κ1) is 16.2. The Bertz CT molecular complexity index is 503. The predicted molar refractivity (Wildman–Crippen MR) is 76.3 cm³/mol. The summed E-state index contributed by atoms with van der Waals surface area (Å²) in [5.41, 5.74) is -0.115. The van der Waals surface area contributed by atoms with Crippen LogP contribution >= 0.6 is 12.4 Å². The molecule has 0 radical (unpaired) electrons. The fourth-order valence-corrected chi connectivity index (χ4v) is 2.03. The third-order valence-corrected chi connectivity index (χ3v) is 3.08. The van der Waals surface area contributed by atoms with Gasteiger partial charge in [-0.1, -0.05) is 6.42 Å². The smallest absolute Gasteiger partial charge is 0.271 e. The lowest BCUT2D eigenvalue weighted by atomic mass is 10.0. The number of piperidine rings is 1. The molecular weight excluding hydrogens is 286 g/mol. The SMILES string of the molecule is Cl.O=C(Nc1cc([N+](=O)[O-])ccc1O)C1CCCCN1. The van der Waals surface area contributed by atoms with Crippen molar-refractivity contribution in [1.82, 2.24) is 5.32 Å². The van der Waals surface area contributed by atoms with Crippen LogP contribution in [0.1, 0.15) is 19.3 Å². The van der Waals surface area contributed by atoms with E-state index >= 15 is 0 Å². The van der Waals surface area contributed by atoms with E-state index in [9.17, 15) is 20.0 Å². The number of hydrogen-bond acceptors (Lipinski definition) is 5. The minimum atomic E-state index is -0.575. The lowest BCUT2D eigenvalue weighted by molar-refractivity contribution is -0.384. The van der Waals surface area contributed by atoms with Crippen LogP contribution in [0.5, 0.6) is 5.75 Å². The van der Waals surface area contributed by atoms with Gasteiger partial charge in [0.25, 0.3) is 5.69 Å². The van der Waals surface area contributed by atoms with E-state index in [0.29, 0.717) is 0 Å². The molecule has 110 valence electrons. The third kappa shape index (κ3) is 3.82. The van der Waals surface area contributed by atoms with Crippen LogP contribution in [0.2, 0.25) is 0 Å². The number of phenolic OH excluding ortho intramolecular Hbond substituents is 1. The number of halogens is 1. The summed E-state index contributed by atoms with van der Waals surface area (Å²) in [6.45, 7) is 0.777. The molecule has 0 saturated carbocycles. The lowest BCUT2D eigenvalue weighted by Gasteiger charge is -2.22. The first-order valence-corrected chi connectivity index (χ1v) is 6.09. The van der Waals surface area contributed by atoms with Gasteiger partial charge in [-0.2, -0.15) is 0 Å². The van der Waals surface area contributed by atoms with Crippen LogP contribution in [-0.2, 0) is 4.79 Å². The number of hydrogen-bond donors (Lipinski definition) is 3. The van der Waals surface area contributed by atoms with Crippen molar-refractivity contribution in [2.45, 2.75) is 25.3 Å². The summed E-state index contributed by atoms with van der Waals surface area (Å²) >= 11 is 0. The molecule has 8 heteroatoms. The topological polar surface area (TPSA) is 104 Å². The van der Waals surface area contributed by atoms with Gasteiger partial charge < -0.3 is 15.7 Å². The van der Waals surface area contributed by atoms with Gasteiger partial charge in [-0.3, -0.25) is 14.9 Å². The van der Waals surface area contributed by atoms with Crippen LogP contribution in [0.15, 0.2) is 18.2 Å². The zero-order valence-corrected chi connectivity index (χ0v) is 11.5. The molecule has 3 N–H and O–H groups in total. The van der Waals surface area contributed by atoms with Gasteiger partial charge in [-0.25, -0.2) is 0 Å². The molecule has 1 heterocycles. The van der Waals surface area contributed by atoms with Crippen LogP contribution < -0.4 is 10.6 Å². The molecule has 1 atom stereocenters. The Morgan fingerprint density at radius 2 is 2.20 bits per heavy atom. The van der Waals surface area contributed by atoms with Gasteiger partial charge in [0.1, 0.15) is 5.75 Å². The number of benzene rings is 1. The zero-order valence-electron chi connectivity index (χ0n) is 10.7. The molecule has 1 fully saturated rings. The molecule has 1 saturated heterocycles. The molecule has 1 aliphatic heterocycles. The number of nitrogens with zero attached hydrogens (tertiary/aromatic N) is 1. The van der Waals surface area contributed by atoms with Gasteiger partial charge in [-0.15, -0.1) is 12.4 Å². The van der Waals surface area contributed by atoms with Gasteiger partial charge in [-0.05, 0) is 25.5 Å². The normalized spacial score (nSPS) is 17.9. The number of carbonyl (C=O) groups is 1. The molecule has 7 nitrogen and oxygen atoms in total. The van der Waals surface area contributed by atoms with Crippen LogP contribution in [0.4, 0.5) is 11.4 Å². The molecule has 1 amide bonds. The Morgan fingerprint density at radius 3 is 2.80 bits per heavy atom. The zero-order chi connectivity index (χ0) is 13.8. The van der Waals surface area contributed by atoms with Crippen molar-refractivity contribution in [2.24, 2.45) is 0 Å². The van der Waals surface area contributed by atoms with E-state index in [0.717, 1.165) is 31.9 Å². The fourth-order valence-electron chi connectivity index (χ4n) is 2.03. The summed E-state index contributed by atoms with van der Waals surface area (Å²) in [7, 11) is 0. The number of amides is 1. The molecule has 1 aliphatic rings. The molecule has 2 rings (SSSR count). The maximum atomic E-state index is 11.9. The van der Waals surface area contributed by atoms with Gasteiger partial charge in [0.2, 0.25) is 5.91 Å². The number of rotatable bonds is 3. The Balaban J connectivity index is 0.00000200. The molecular formula is C12H16ClN3O4. The first-order chi connectivity index (χ1) is 9.08.